The van der Waals surface area contributed by atoms with Gasteiger partial charge < -0.3 is 19.4 Å². The highest BCUT2D eigenvalue weighted by Crippen LogP contribution is 2.35. The van der Waals surface area contributed by atoms with Crippen molar-refractivity contribution in [3.05, 3.63) is 42.0 Å². The third kappa shape index (κ3) is 2.29. The van der Waals surface area contributed by atoms with Gasteiger partial charge in [0.2, 0.25) is 0 Å². The lowest BCUT2D eigenvalue weighted by atomic mass is 10.1. The molecule has 1 aromatic carbocycles. The normalized spacial score (nSPS) is 17.1. The molecule has 0 radical (unpaired) electrons. The van der Waals surface area contributed by atoms with E-state index in [9.17, 15) is 0 Å². The molecule has 1 N–H and O–H groups in total. The maximum atomic E-state index is 5.74. The van der Waals surface area contributed by atoms with Crippen LogP contribution in [0.5, 0.6) is 11.5 Å². The zero-order valence-corrected chi connectivity index (χ0v) is 11.1. The van der Waals surface area contributed by atoms with E-state index in [0.717, 1.165) is 17.3 Å². The molecule has 5 nitrogen and oxygen atoms in total. The smallest absolute Gasteiger partial charge is 0.146 e. The molecular weight excluding hydrogens is 242 g/mol. The molecule has 5 heteroatoms. The topological polar surface area (TPSA) is 48.3 Å². The number of likely N-dealkylation sites (N-methyl/N-ethyl adjacent to an activating group) is 1. The second-order valence-corrected chi connectivity index (χ2v) is 4.59. The first-order valence-electron chi connectivity index (χ1n) is 6.31. The van der Waals surface area contributed by atoms with Crippen molar-refractivity contribution in [1.29, 1.82) is 0 Å². The molecule has 0 spiro atoms. The first-order valence-corrected chi connectivity index (χ1v) is 6.31. The average molecular weight is 259 g/mol. The maximum absolute atomic E-state index is 5.74. The Bertz CT molecular complexity index is 580. The Kier molecular flexibility index (Phi) is 3.13. The van der Waals surface area contributed by atoms with Crippen molar-refractivity contribution in [2.45, 2.75) is 12.6 Å². The van der Waals surface area contributed by atoms with E-state index in [-0.39, 0.29) is 6.04 Å². The second kappa shape index (κ2) is 4.93. The summed E-state index contributed by atoms with van der Waals surface area (Å²) in [4.78, 5) is 4.23. The third-order valence-electron chi connectivity index (χ3n) is 3.40. The summed E-state index contributed by atoms with van der Waals surface area (Å²) in [7, 11) is 3.89. The van der Waals surface area contributed by atoms with Crippen LogP contribution in [0.15, 0.2) is 30.6 Å². The van der Waals surface area contributed by atoms with Crippen molar-refractivity contribution in [1.82, 2.24) is 14.9 Å². The number of imidazole rings is 1. The summed E-state index contributed by atoms with van der Waals surface area (Å²) in [6, 6.07) is 6.24. The Balaban J connectivity index is 1.72. The predicted octanol–water partition coefficient (Wildman–Crippen LogP) is 1.65. The van der Waals surface area contributed by atoms with Crippen LogP contribution in [-0.2, 0) is 13.7 Å². The Hall–Kier alpha value is -2.01. The summed E-state index contributed by atoms with van der Waals surface area (Å²) < 4.78 is 13.3. The lowest BCUT2D eigenvalue weighted by Crippen LogP contribution is -2.17. The number of fused-ring (bicyclic) bond motifs is 1. The van der Waals surface area contributed by atoms with Crippen LogP contribution in [0.2, 0.25) is 0 Å². The Morgan fingerprint density at radius 2 is 2.42 bits per heavy atom. The fourth-order valence-corrected chi connectivity index (χ4v) is 2.20. The highest BCUT2D eigenvalue weighted by Gasteiger charge is 2.22. The zero-order chi connectivity index (χ0) is 13.2. The maximum Gasteiger partial charge on any atom is 0.146 e. The molecule has 3 rings (SSSR count). The molecule has 1 unspecified atom stereocenters. The van der Waals surface area contributed by atoms with Gasteiger partial charge >= 0.3 is 0 Å². The molecule has 0 saturated heterocycles. The zero-order valence-electron chi connectivity index (χ0n) is 11.1. The molecule has 2 heterocycles. The molecule has 2 aromatic rings. The van der Waals surface area contributed by atoms with Gasteiger partial charge in [-0.05, 0) is 19.2 Å². The SMILES string of the molecule is CNC1COc2cc(OCc3nccn3C)ccc21. The van der Waals surface area contributed by atoms with E-state index in [0.29, 0.717) is 13.2 Å². The summed E-state index contributed by atoms with van der Waals surface area (Å²) in [5.74, 6) is 2.60. The number of rotatable bonds is 4. The van der Waals surface area contributed by atoms with Crippen molar-refractivity contribution in [2.75, 3.05) is 13.7 Å². The van der Waals surface area contributed by atoms with Crippen LogP contribution >= 0.6 is 0 Å². The van der Waals surface area contributed by atoms with Gasteiger partial charge in [0, 0.05) is 31.1 Å². The standard InChI is InChI=1S/C14H17N3O2/c1-15-12-8-19-13-7-10(3-4-11(12)13)18-9-14-16-5-6-17(14)2/h3-7,12,15H,8-9H2,1-2H3. The van der Waals surface area contributed by atoms with Gasteiger partial charge in [0.15, 0.2) is 0 Å². The average Bonchev–Trinajstić information content (AvgIpc) is 3.01. The molecule has 19 heavy (non-hydrogen) atoms. The number of ether oxygens (including phenoxy) is 2. The number of nitrogens with one attached hydrogen (secondary N) is 1. The van der Waals surface area contributed by atoms with Gasteiger partial charge in [-0.25, -0.2) is 4.98 Å². The molecule has 0 amide bonds. The lowest BCUT2D eigenvalue weighted by molar-refractivity contribution is 0.287. The minimum absolute atomic E-state index is 0.276. The van der Waals surface area contributed by atoms with Crippen molar-refractivity contribution in [2.24, 2.45) is 7.05 Å². The van der Waals surface area contributed by atoms with E-state index in [1.54, 1.807) is 6.20 Å². The first-order chi connectivity index (χ1) is 9.28. The van der Waals surface area contributed by atoms with Crippen LogP contribution in [0.3, 0.4) is 0 Å². The van der Waals surface area contributed by atoms with E-state index >= 15 is 0 Å². The summed E-state index contributed by atoms with van der Waals surface area (Å²) in [6.07, 6.45) is 3.67. The number of aromatic nitrogens is 2. The minimum Gasteiger partial charge on any atom is -0.491 e. The number of hydrogen-bond donors (Lipinski definition) is 1. The van der Waals surface area contributed by atoms with Crippen molar-refractivity contribution in [3.63, 3.8) is 0 Å². The highest BCUT2D eigenvalue weighted by molar-refractivity contribution is 5.44. The third-order valence-corrected chi connectivity index (χ3v) is 3.40. The fraction of sp³-hybridized carbons (Fsp3) is 0.357. The molecule has 1 aliphatic heterocycles. The molecule has 1 aromatic heterocycles. The van der Waals surface area contributed by atoms with Gasteiger partial charge in [0.05, 0.1) is 6.04 Å². The van der Waals surface area contributed by atoms with Gasteiger partial charge in [0.1, 0.15) is 30.5 Å². The second-order valence-electron chi connectivity index (χ2n) is 4.59. The van der Waals surface area contributed by atoms with Gasteiger partial charge in [-0.15, -0.1) is 0 Å². The molecular formula is C14H17N3O2. The van der Waals surface area contributed by atoms with E-state index < -0.39 is 0 Å². The highest BCUT2D eigenvalue weighted by atomic mass is 16.5. The van der Waals surface area contributed by atoms with E-state index in [2.05, 4.69) is 16.4 Å². The molecule has 0 saturated carbocycles. The van der Waals surface area contributed by atoms with Crippen LogP contribution in [0.25, 0.3) is 0 Å². The van der Waals surface area contributed by atoms with Crippen LogP contribution in [0, 0.1) is 0 Å². The van der Waals surface area contributed by atoms with Crippen LogP contribution in [-0.4, -0.2) is 23.2 Å². The molecule has 0 fully saturated rings. The predicted molar refractivity (Wildman–Crippen MR) is 71.3 cm³/mol. The van der Waals surface area contributed by atoms with Crippen LogP contribution in [0.1, 0.15) is 17.4 Å². The first kappa shape index (κ1) is 12.0. The van der Waals surface area contributed by atoms with Crippen molar-refractivity contribution < 1.29 is 9.47 Å². The Labute approximate surface area is 112 Å². The van der Waals surface area contributed by atoms with Crippen LogP contribution in [0.4, 0.5) is 0 Å². The van der Waals surface area contributed by atoms with E-state index in [1.807, 2.05) is 37.0 Å². The summed E-state index contributed by atoms with van der Waals surface area (Å²) in [6.45, 7) is 1.13. The molecule has 100 valence electrons. The number of hydrogen-bond acceptors (Lipinski definition) is 4. The fourth-order valence-electron chi connectivity index (χ4n) is 2.20. The summed E-state index contributed by atoms with van der Waals surface area (Å²) in [5, 5.41) is 3.22. The lowest BCUT2D eigenvalue weighted by Gasteiger charge is -2.09. The molecule has 1 aliphatic rings. The van der Waals surface area contributed by atoms with Crippen LogP contribution < -0.4 is 14.8 Å². The van der Waals surface area contributed by atoms with E-state index in [1.165, 1.54) is 5.56 Å². The molecule has 0 aliphatic carbocycles. The largest absolute Gasteiger partial charge is 0.491 e. The van der Waals surface area contributed by atoms with Crippen molar-refractivity contribution >= 4 is 0 Å². The number of benzene rings is 1. The molecule has 0 bridgehead atoms. The quantitative estimate of drug-likeness (QED) is 0.907. The monoisotopic (exact) mass is 259 g/mol. The summed E-state index contributed by atoms with van der Waals surface area (Å²) >= 11 is 0. The Morgan fingerprint density at radius 3 is 3.16 bits per heavy atom. The minimum atomic E-state index is 0.276. The number of nitrogens with zero attached hydrogens (tertiary/aromatic N) is 2. The number of aryl methyl sites for hydroxylation is 1. The van der Waals surface area contributed by atoms with Gasteiger partial charge in [-0.3, -0.25) is 0 Å². The van der Waals surface area contributed by atoms with Gasteiger partial charge in [-0.1, -0.05) is 0 Å². The molecule has 1 atom stereocenters. The Morgan fingerprint density at radius 1 is 1.53 bits per heavy atom. The summed E-state index contributed by atoms with van der Waals surface area (Å²) in [5.41, 5.74) is 1.19. The van der Waals surface area contributed by atoms with Gasteiger partial charge in [0.25, 0.3) is 0 Å². The van der Waals surface area contributed by atoms with E-state index in [4.69, 9.17) is 9.47 Å². The van der Waals surface area contributed by atoms with Gasteiger partial charge in [-0.2, -0.15) is 0 Å². The van der Waals surface area contributed by atoms with Crippen molar-refractivity contribution in [3.8, 4) is 11.5 Å².